The summed E-state index contributed by atoms with van der Waals surface area (Å²) >= 11 is 0. The summed E-state index contributed by atoms with van der Waals surface area (Å²) in [5, 5.41) is 4.98. The van der Waals surface area contributed by atoms with Gasteiger partial charge in [-0.15, -0.1) is 0 Å². The molecule has 1 aliphatic heterocycles. The number of likely N-dealkylation sites (tertiary alicyclic amines) is 1. The maximum atomic E-state index is 13.0. The quantitative estimate of drug-likeness (QED) is 0.749. The SMILES string of the molecule is O=C(c1cccc2[nH]ccc12)N1CCCC(OCc2nc(C3CC3)no2)C1. The first-order valence-corrected chi connectivity index (χ1v) is 9.57. The van der Waals surface area contributed by atoms with Crippen molar-refractivity contribution in [2.75, 3.05) is 13.1 Å². The van der Waals surface area contributed by atoms with Crippen LogP contribution in [0.2, 0.25) is 0 Å². The zero-order valence-electron chi connectivity index (χ0n) is 15.1. The number of aromatic amines is 1. The molecule has 1 saturated heterocycles. The van der Waals surface area contributed by atoms with E-state index >= 15 is 0 Å². The van der Waals surface area contributed by atoms with Crippen LogP contribution in [0.1, 0.15) is 53.7 Å². The molecule has 3 aromatic rings. The van der Waals surface area contributed by atoms with Crippen LogP contribution in [-0.2, 0) is 11.3 Å². The van der Waals surface area contributed by atoms with Crippen LogP contribution >= 0.6 is 0 Å². The standard InChI is InChI=1S/C20H22N4O3/c25-20(16-4-1-5-17-15(16)8-9-21-17)24-10-2-3-14(11-24)26-12-18-22-19(23-27-18)13-6-7-13/h1,4-5,8-9,13-14,21H,2-3,6-7,10-12H2. The van der Waals surface area contributed by atoms with E-state index in [1.54, 1.807) is 0 Å². The first kappa shape index (κ1) is 16.5. The minimum Gasteiger partial charge on any atom is -0.367 e. The molecular formula is C20H22N4O3. The normalized spacial score (nSPS) is 20.3. The van der Waals surface area contributed by atoms with E-state index in [9.17, 15) is 4.79 Å². The van der Waals surface area contributed by atoms with Gasteiger partial charge in [0.05, 0.1) is 6.10 Å². The number of hydrogen-bond donors (Lipinski definition) is 1. The van der Waals surface area contributed by atoms with E-state index in [2.05, 4.69) is 15.1 Å². The van der Waals surface area contributed by atoms with Gasteiger partial charge < -0.3 is 19.1 Å². The van der Waals surface area contributed by atoms with E-state index in [1.807, 2.05) is 35.4 Å². The fourth-order valence-electron chi connectivity index (χ4n) is 3.72. The Labute approximate surface area is 156 Å². The fourth-order valence-corrected chi connectivity index (χ4v) is 3.72. The number of carbonyl (C=O) groups excluding carboxylic acids is 1. The summed E-state index contributed by atoms with van der Waals surface area (Å²) in [6, 6.07) is 7.74. The zero-order chi connectivity index (χ0) is 18.2. The first-order chi connectivity index (χ1) is 13.3. The maximum absolute atomic E-state index is 13.0. The van der Waals surface area contributed by atoms with Crippen molar-refractivity contribution in [2.45, 2.75) is 44.3 Å². The molecule has 140 valence electrons. The Balaban J connectivity index is 1.23. The molecule has 2 aliphatic rings. The monoisotopic (exact) mass is 366 g/mol. The first-order valence-electron chi connectivity index (χ1n) is 9.57. The van der Waals surface area contributed by atoms with Gasteiger partial charge in [0.2, 0.25) is 0 Å². The van der Waals surface area contributed by atoms with Crippen molar-refractivity contribution in [2.24, 2.45) is 0 Å². The molecule has 1 atom stereocenters. The molecule has 3 heterocycles. The lowest BCUT2D eigenvalue weighted by Crippen LogP contribution is -2.43. The van der Waals surface area contributed by atoms with Gasteiger partial charge in [-0.3, -0.25) is 4.79 Å². The molecule has 7 nitrogen and oxygen atoms in total. The molecule has 2 aromatic heterocycles. The van der Waals surface area contributed by atoms with Gasteiger partial charge in [-0.2, -0.15) is 4.98 Å². The van der Waals surface area contributed by atoms with E-state index < -0.39 is 0 Å². The lowest BCUT2D eigenvalue weighted by atomic mass is 10.0. The minimum absolute atomic E-state index is 0.00981. The van der Waals surface area contributed by atoms with Crippen molar-refractivity contribution in [1.29, 1.82) is 0 Å². The van der Waals surface area contributed by atoms with E-state index in [4.69, 9.17) is 9.26 Å². The number of benzene rings is 1. The lowest BCUT2D eigenvalue weighted by Gasteiger charge is -2.32. The number of H-pyrrole nitrogens is 1. The lowest BCUT2D eigenvalue weighted by molar-refractivity contribution is -0.0153. The second kappa shape index (κ2) is 6.81. The Morgan fingerprint density at radius 2 is 2.22 bits per heavy atom. The molecule has 1 unspecified atom stereocenters. The molecule has 0 bridgehead atoms. The minimum atomic E-state index is -0.00981. The predicted octanol–water partition coefficient (Wildman–Crippen LogP) is 3.25. The highest BCUT2D eigenvalue weighted by atomic mass is 16.5. The fraction of sp³-hybridized carbons (Fsp3) is 0.450. The molecule has 27 heavy (non-hydrogen) atoms. The second-order valence-corrected chi connectivity index (χ2v) is 7.39. The molecule has 1 N–H and O–H groups in total. The Morgan fingerprint density at radius 1 is 1.30 bits per heavy atom. The highest BCUT2D eigenvalue weighted by molar-refractivity contribution is 6.06. The second-order valence-electron chi connectivity index (χ2n) is 7.39. The molecule has 1 aromatic carbocycles. The largest absolute Gasteiger partial charge is 0.367 e. The number of nitrogens with one attached hydrogen (secondary N) is 1. The van der Waals surface area contributed by atoms with Gasteiger partial charge in [-0.05, 0) is 43.9 Å². The van der Waals surface area contributed by atoms with Crippen LogP contribution in [0.4, 0.5) is 0 Å². The Morgan fingerprint density at radius 3 is 3.11 bits per heavy atom. The van der Waals surface area contributed by atoms with Gasteiger partial charge in [-0.25, -0.2) is 0 Å². The van der Waals surface area contributed by atoms with Crippen LogP contribution in [0.3, 0.4) is 0 Å². The molecule has 1 aliphatic carbocycles. The average molecular weight is 366 g/mol. The molecule has 0 radical (unpaired) electrons. The van der Waals surface area contributed by atoms with Gasteiger partial charge in [0.25, 0.3) is 11.8 Å². The summed E-state index contributed by atoms with van der Waals surface area (Å²) in [6.07, 6.45) is 6.01. The van der Waals surface area contributed by atoms with Crippen molar-refractivity contribution in [3.8, 4) is 0 Å². The molecule has 1 saturated carbocycles. The number of ether oxygens (including phenoxy) is 1. The van der Waals surface area contributed by atoms with Crippen molar-refractivity contribution < 1.29 is 14.1 Å². The summed E-state index contributed by atoms with van der Waals surface area (Å²) in [7, 11) is 0. The van der Waals surface area contributed by atoms with Gasteiger partial charge >= 0.3 is 0 Å². The van der Waals surface area contributed by atoms with Crippen LogP contribution in [0.5, 0.6) is 0 Å². The van der Waals surface area contributed by atoms with Crippen LogP contribution < -0.4 is 0 Å². The van der Waals surface area contributed by atoms with Gasteiger partial charge in [0.1, 0.15) is 6.61 Å². The van der Waals surface area contributed by atoms with Crippen LogP contribution in [-0.4, -0.2) is 45.1 Å². The number of fused-ring (bicyclic) bond motifs is 1. The zero-order valence-corrected chi connectivity index (χ0v) is 15.1. The van der Waals surface area contributed by atoms with E-state index in [0.29, 0.717) is 25.0 Å². The summed E-state index contributed by atoms with van der Waals surface area (Å²) < 4.78 is 11.2. The summed E-state index contributed by atoms with van der Waals surface area (Å²) in [5.41, 5.74) is 1.72. The smallest absolute Gasteiger partial charge is 0.254 e. The third-order valence-electron chi connectivity index (χ3n) is 5.36. The summed E-state index contributed by atoms with van der Waals surface area (Å²) in [4.78, 5) is 22.5. The molecular weight excluding hydrogens is 344 g/mol. The number of rotatable bonds is 5. The van der Waals surface area contributed by atoms with Crippen LogP contribution in [0.15, 0.2) is 35.0 Å². The number of piperidine rings is 1. The van der Waals surface area contributed by atoms with E-state index in [-0.39, 0.29) is 12.0 Å². The summed E-state index contributed by atoms with van der Waals surface area (Å²) in [6.45, 7) is 1.65. The van der Waals surface area contributed by atoms with Crippen LogP contribution in [0.25, 0.3) is 10.9 Å². The Hall–Kier alpha value is -2.67. The van der Waals surface area contributed by atoms with Crippen molar-refractivity contribution in [3.63, 3.8) is 0 Å². The van der Waals surface area contributed by atoms with Gasteiger partial charge in [0, 0.05) is 41.7 Å². The molecule has 7 heteroatoms. The highest BCUT2D eigenvalue weighted by Gasteiger charge is 2.29. The number of carbonyl (C=O) groups is 1. The van der Waals surface area contributed by atoms with Crippen LogP contribution in [0, 0.1) is 0 Å². The molecule has 0 spiro atoms. The number of hydrogen-bond acceptors (Lipinski definition) is 5. The molecule has 2 fully saturated rings. The third-order valence-corrected chi connectivity index (χ3v) is 5.36. The van der Waals surface area contributed by atoms with Crippen molar-refractivity contribution in [1.82, 2.24) is 20.0 Å². The highest BCUT2D eigenvalue weighted by Crippen LogP contribution is 2.38. The Bertz CT molecular complexity index is 959. The maximum Gasteiger partial charge on any atom is 0.254 e. The van der Waals surface area contributed by atoms with Crippen molar-refractivity contribution in [3.05, 3.63) is 47.7 Å². The van der Waals surface area contributed by atoms with E-state index in [0.717, 1.165) is 54.5 Å². The number of nitrogens with zero attached hydrogens (tertiary/aromatic N) is 3. The van der Waals surface area contributed by atoms with Crippen molar-refractivity contribution >= 4 is 16.8 Å². The number of amides is 1. The average Bonchev–Trinajstić information content (AvgIpc) is 3.25. The Kier molecular flexibility index (Phi) is 4.16. The van der Waals surface area contributed by atoms with Gasteiger partial charge in [-0.1, -0.05) is 11.2 Å². The number of aromatic nitrogens is 3. The predicted molar refractivity (Wildman–Crippen MR) is 98.3 cm³/mol. The molecule has 1 amide bonds. The molecule has 5 rings (SSSR count). The van der Waals surface area contributed by atoms with E-state index in [1.165, 1.54) is 0 Å². The third kappa shape index (κ3) is 3.35. The topological polar surface area (TPSA) is 84.2 Å². The summed E-state index contributed by atoms with van der Waals surface area (Å²) in [5.74, 6) is 1.86. The van der Waals surface area contributed by atoms with Gasteiger partial charge in [0.15, 0.2) is 5.82 Å².